The van der Waals surface area contributed by atoms with Crippen LogP contribution in [0.1, 0.15) is 113 Å². The van der Waals surface area contributed by atoms with Gasteiger partial charge in [-0.3, -0.25) is 0 Å². The SMILES string of the molecule is CCCCCCCCCCCCCCCCOc1c(C#N)cccc1C(=O)O. The number of carboxylic acids is 1. The van der Waals surface area contributed by atoms with Gasteiger partial charge in [0.15, 0.2) is 5.75 Å². The Labute approximate surface area is 170 Å². The van der Waals surface area contributed by atoms with E-state index in [-0.39, 0.29) is 16.9 Å². The molecule has 0 bridgehead atoms. The molecule has 1 rings (SSSR count). The second-order valence-corrected chi connectivity index (χ2v) is 7.54. The lowest BCUT2D eigenvalue weighted by Gasteiger charge is -2.10. The first-order chi connectivity index (χ1) is 13.7. The standard InChI is InChI=1S/C24H37NO3/c1-2-3-4-5-6-7-8-9-10-11-12-13-14-15-19-28-23-21(20-25)17-16-18-22(23)24(26)27/h16-18H,2-15,19H2,1H3,(H,26,27). The van der Waals surface area contributed by atoms with Crippen molar-refractivity contribution < 1.29 is 14.6 Å². The molecule has 4 heteroatoms. The molecule has 0 amide bonds. The van der Waals surface area contributed by atoms with Crippen LogP contribution >= 0.6 is 0 Å². The fourth-order valence-electron chi connectivity index (χ4n) is 3.42. The molecule has 0 aliphatic rings. The van der Waals surface area contributed by atoms with Crippen LogP contribution in [0.25, 0.3) is 0 Å². The number of hydrogen-bond donors (Lipinski definition) is 1. The number of unbranched alkanes of at least 4 members (excludes halogenated alkanes) is 13. The van der Waals surface area contributed by atoms with Crippen molar-refractivity contribution in [2.24, 2.45) is 0 Å². The Morgan fingerprint density at radius 1 is 0.893 bits per heavy atom. The number of benzene rings is 1. The smallest absolute Gasteiger partial charge is 0.339 e. The van der Waals surface area contributed by atoms with Crippen LogP contribution in [0.3, 0.4) is 0 Å². The number of carboxylic acid groups (broad SMARTS) is 1. The topological polar surface area (TPSA) is 70.3 Å². The summed E-state index contributed by atoms with van der Waals surface area (Å²) in [5.74, 6) is -0.861. The number of carbonyl (C=O) groups is 1. The third-order valence-corrected chi connectivity index (χ3v) is 5.11. The first-order valence-corrected chi connectivity index (χ1v) is 11.1. The highest BCUT2D eigenvalue weighted by Crippen LogP contribution is 2.24. The van der Waals surface area contributed by atoms with E-state index in [2.05, 4.69) is 6.92 Å². The van der Waals surface area contributed by atoms with Crippen molar-refractivity contribution in [3.63, 3.8) is 0 Å². The molecule has 0 spiro atoms. The zero-order chi connectivity index (χ0) is 20.5. The van der Waals surface area contributed by atoms with Crippen LogP contribution in [-0.2, 0) is 0 Å². The maximum atomic E-state index is 11.3. The lowest BCUT2D eigenvalue weighted by atomic mass is 10.0. The number of ether oxygens (including phenoxy) is 1. The Morgan fingerprint density at radius 3 is 1.86 bits per heavy atom. The molecule has 0 saturated heterocycles. The fourth-order valence-corrected chi connectivity index (χ4v) is 3.42. The van der Waals surface area contributed by atoms with Gasteiger partial charge >= 0.3 is 5.97 Å². The number of aromatic carboxylic acids is 1. The summed E-state index contributed by atoms with van der Waals surface area (Å²) >= 11 is 0. The molecule has 0 radical (unpaired) electrons. The molecule has 0 fully saturated rings. The zero-order valence-electron chi connectivity index (χ0n) is 17.5. The van der Waals surface area contributed by atoms with Crippen molar-refractivity contribution in [3.8, 4) is 11.8 Å². The molecule has 156 valence electrons. The second-order valence-electron chi connectivity index (χ2n) is 7.54. The van der Waals surface area contributed by atoms with Crippen LogP contribution < -0.4 is 4.74 Å². The Kier molecular flexibility index (Phi) is 13.7. The average molecular weight is 388 g/mol. The minimum absolute atomic E-state index is 0.0596. The highest BCUT2D eigenvalue weighted by atomic mass is 16.5. The lowest BCUT2D eigenvalue weighted by Crippen LogP contribution is -2.06. The monoisotopic (exact) mass is 387 g/mol. The number of rotatable bonds is 17. The molecular weight excluding hydrogens is 350 g/mol. The van der Waals surface area contributed by atoms with Gasteiger partial charge in [0.1, 0.15) is 11.6 Å². The summed E-state index contributed by atoms with van der Waals surface area (Å²) in [4.78, 5) is 11.3. The lowest BCUT2D eigenvalue weighted by molar-refractivity contribution is 0.0692. The third-order valence-electron chi connectivity index (χ3n) is 5.11. The molecule has 0 aromatic heterocycles. The van der Waals surface area contributed by atoms with Gasteiger partial charge in [0.05, 0.1) is 12.2 Å². The van der Waals surface area contributed by atoms with Gasteiger partial charge in [0.25, 0.3) is 0 Å². The van der Waals surface area contributed by atoms with Crippen molar-refractivity contribution in [3.05, 3.63) is 29.3 Å². The number of para-hydroxylation sites is 1. The summed E-state index contributed by atoms with van der Waals surface area (Å²) in [7, 11) is 0. The van der Waals surface area contributed by atoms with E-state index < -0.39 is 5.97 Å². The Balaban J connectivity index is 2.02. The van der Waals surface area contributed by atoms with Gasteiger partial charge in [-0.25, -0.2) is 4.79 Å². The molecule has 28 heavy (non-hydrogen) atoms. The third kappa shape index (κ3) is 10.3. The maximum absolute atomic E-state index is 11.3. The van der Waals surface area contributed by atoms with Gasteiger partial charge in [-0.1, -0.05) is 96.5 Å². The van der Waals surface area contributed by atoms with E-state index in [1.807, 2.05) is 6.07 Å². The van der Waals surface area contributed by atoms with Crippen LogP contribution in [0.5, 0.6) is 5.75 Å². The van der Waals surface area contributed by atoms with Gasteiger partial charge < -0.3 is 9.84 Å². The quantitative estimate of drug-likeness (QED) is 0.289. The summed E-state index contributed by atoms with van der Waals surface area (Å²) < 4.78 is 5.62. The first kappa shape index (κ1) is 24.0. The van der Waals surface area contributed by atoms with E-state index in [9.17, 15) is 9.90 Å². The van der Waals surface area contributed by atoms with Crippen molar-refractivity contribution >= 4 is 5.97 Å². The van der Waals surface area contributed by atoms with Crippen molar-refractivity contribution in [2.75, 3.05) is 6.61 Å². The van der Waals surface area contributed by atoms with E-state index in [0.29, 0.717) is 6.61 Å². The fraction of sp³-hybridized carbons (Fsp3) is 0.667. The minimum Gasteiger partial charge on any atom is -0.491 e. The molecule has 0 aliphatic heterocycles. The van der Waals surface area contributed by atoms with Gasteiger partial charge in [0, 0.05) is 0 Å². The van der Waals surface area contributed by atoms with Gasteiger partial charge in [-0.05, 0) is 18.6 Å². The summed E-state index contributed by atoms with van der Waals surface area (Å²) in [5.41, 5.74) is 0.342. The van der Waals surface area contributed by atoms with Crippen molar-refractivity contribution in [1.82, 2.24) is 0 Å². The van der Waals surface area contributed by atoms with Crippen molar-refractivity contribution in [1.29, 1.82) is 5.26 Å². The summed E-state index contributed by atoms with van der Waals surface area (Å²) in [6.07, 6.45) is 18.1. The van der Waals surface area contributed by atoms with Gasteiger partial charge in [-0.15, -0.1) is 0 Å². The molecule has 0 unspecified atom stereocenters. The predicted molar refractivity (Wildman–Crippen MR) is 114 cm³/mol. The molecule has 1 aromatic rings. The summed E-state index contributed by atoms with van der Waals surface area (Å²) in [6.45, 7) is 2.72. The van der Waals surface area contributed by atoms with Crippen molar-refractivity contribution in [2.45, 2.75) is 96.8 Å². The normalized spacial score (nSPS) is 10.6. The number of nitriles is 1. The number of hydrogen-bond acceptors (Lipinski definition) is 3. The van der Waals surface area contributed by atoms with Crippen LogP contribution in [0.15, 0.2) is 18.2 Å². The average Bonchev–Trinajstić information content (AvgIpc) is 2.70. The summed E-state index contributed by atoms with van der Waals surface area (Å²) in [6, 6.07) is 6.64. The molecule has 0 atom stereocenters. The Hall–Kier alpha value is -2.02. The predicted octanol–water partition coefficient (Wildman–Crippen LogP) is 7.12. The Bertz CT molecular complexity index is 592. The zero-order valence-corrected chi connectivity index (χ0v) is 17.5. The molecule has 1 aromatic carbocycles. The van der Waals surface area contributed by atoms with E-state index in [0.717, 1.165) is 12.8 Å². The van der Waals surface area contributed by atoms with E-state index in [1.165, 1.54) is 83.1 Å². The highest BCUT2D eigenvalue weighted by molar-refractivity contribution is 5.91. The van der Waals surface area contributed by atoms with E-state index in [4.69, 9.17) is 10.00 Å². The van der Waals surface area contributed by atoms with Gasteiger partial charge in [-0.2, -0.15) is 5.26 Å². The van der Waals surface area contributed by atoms with Crippen LogP contribution in [0.2, 0.25) is 0 Å². The highest BCUT2D eigenvalue weighted by Gasteiger charge is 2.15. The van der Waals surface area contributed by atoms with Crippen LogP contribution in [-0.4, -0.2) is 17.7 Å². The summed E-state index contributed by atoms with van der Waals surface area (Å²) in [5, 5.41) is 18.3. The first-order valence-electron chi connectivity index (χ1n) is 11.1. The molecule has 4 nitrogen and oxygen atoms in total. The van der Waals surface area contributed by atoms with Crippen LogP contribution in [0, 0.1) is 11.3 Å². The minimum atomic E-state index is -1.06. The maximum Gasteiger partial charge on any atom is 0.339 e. The second kappa shape index (κ2) is 16.0. The molecular formula is C24H37NO3. The van der Waals surface area contributed by atoms with Gasteiger partial charge in [0.2, 0.25) is 0 Å². The van der Waals surface area contributed by atoms with E-state index in [1.54, 1.807) is 12.1 Å². The molecule has 0 heterocycles. The largest absolute Gasteiger partial charge is 0.491 e. The number of nitrogens with zero attached hydrogens (tertiary/aromatic N) is 1. The molecule has 0 saturated carbocycles. The van der Waals surface area contributed by atoms with Crippen LogP contribution in [0.4, 0.5) is 0 Å². The molecule has 0 aliphatic carbocycles. The van der Waals surface area contributed by atoms with E-state index >= 15 is 0 Å². The molecule has 1 N–H and O–H groups in total. The Morgan fingerprint density at radius 2 is 1.39 bits per heavy atom.